The van der Waals surface area contributed by atoms with Crippen LogP contribution in [-0.4, -0.2) is 30.1 Å². The average molecular weight is 257 g/mol. The molecule has 2 N–H and O–H groups in total. The highest BCUT2D eigenvalue weighted by atomic mass is 16.5. The lowest BCUT2D eigenvalue weighted by Gasteiger charge is -1.92. The predicted octanol–water partition coefficient (Wildman–Crippen LogP) is 0.230. The van der Waals surface area contributed by atoms with Crippen molar-refractivity contribution in [3.05, 3.63) is 42.3 Å². The molecule has 3 aromatic heterocycles. The maximum atomic E-state index is 5.46. The summed E-state index contributed by atoms with van der Waals surface area (Å²) in [7, 11) is 0. The van der Waals surface area contributed by atoms with Gasteiger partial charge in [0, 0.05) is 24.5 Å². The Bertz CT molecular complexity index is 661. The average Bonchev–Trinajstić information content (AvgIpc) is 3.09. The van der Waals surface area contributed by atoms with Crippen LogP contribution in [0.1, 0.15) is 11.6 Å². The third-order valence-corrected chi connectivity index (χ3v) is 2.50. The highest BCUT2D eigenvalue weighted by molar-refractivity contribution is 5.52. The molecule has 3 aromatic rings. The topological polar surface area (TPSA) is 109 Å². The van der Waals surface area contributed by atoms with Crippen LogP contribution in [0.25, 0.3) is 11.4 Å². The Kier molecular flexibility index (Phi) is 2.99. The maximum Gasteiger partial charge on any atom is 0.248 e. The van der Waals surface area contributed by atoms with Crippen molar-refractivity contribution in [3.8, 4) is 11.4 Å². The second-order valence-corrected chi connectivity index (χ2v) is 3.86. The first-order chi connectivity index (χ1) is 9.35. The van der Waals surface area contributed by atoms with E-state index in [0.717, 1.165) is 5.56 Å². The third-order valence-electron chi connectivity index (χ3n) is 2.50. The molecule has 0 saturated heterocycles. The minimum absolute atomic E-state index is 0.353. The molecule has 8 nitrogen and oxygen atoms in total. The van der Waals surface area contributed by atoms with E-state index in [-0.39, 0.29) is 0 Å². The van der Waals surface area contributed by atoms with Gasteiger partial charge in [-0.25, -0.2) is 4.68 Å². The fourth-order valence-corrected chi connectivity index (χ4v) is 1.59. The van der Waals surface area contributed by atoms with Crippen LogP contribution in [0, 0.1) is 0 Å². The quantitative estimate of drug-likeness (QED) is 0.712. The highest BCUT2D eigenvalue weighted by Crippen LogP contribution is 2.14. The molecule has 3 heterocycles. The summed E-state index contributed by atoms with van der Waals surface area (Å²) in [5, 5.41) is 11.7. The monoisotopic (exact) mass is 257 g/mol. The Labute approximate surface area is 108 Å². The number of rotatable bonds is 4. The van der Waals surface area contributed by atoms with Gasteiger partial charge in [-0.15, -0.1) is 5.10 Å². The van der Waals surface area contributed by atoms with E-state index < -0.39 is 0 Å². The zero-order valence-electron chi connectivity index (χ0n) is 9.97. The minimum atomic E-state index is 0.353. The molecule has 0 aliphatic rings. The number of aromatic nitrogens is 6. The molecule has 19 heavy (non-hydrogen) atoms. The van der Waals surface area contributed by atoms with Gasteiger partial charge in [-0.2, -0.15) is 4.98 Å². The van der Waals surface area contributed by atoms with Crippen LogP contribution in [0.5, 0.6) is 0 Å². The molecule has 0 aromatic carbocycles. The molecule has 0 bridgehead atoms. The van der Waals surface area contributed by atoms with E-state index in [2.05, 4.69) is 25.4 Å². The highest BCUT2D eigenvalue weighted by Gasteiger charge is 2.09. The molecule has 0 fully saturated rings. The molecule has 96 valence electrons. The van der Waals surface area contributed by atoms with Gasteiger partial charge in [-0.1, -0.05) is 10.4 Å². The predicted molar refractivity (Wildman–Crippen MR) is 64.5 cm³/mol. The Hall–Kier alpha value is -2.61. The zero-order valence-corrected chi connectivity index (χ0v) is 9.97. The van der Waals surface area contributed by atoms with Crippen molar-refractivity contribution >= 4 is 0 Å². The van der Waals surface area contributed by atoms with Crippen LogP contribution in [-0.2, 0) is 13.1 Å². The lowest BCUT2D eigenvalue weighted by Crippen LogP contribution is -2.00. The molecular formula is C11H11N7O. The summed E-state index contributed by atoms with van der Waals surface area (Å²) in [4.78, 5) is 8.22. The van der Waals surface area contributed by atoms with Crippen molar-refractivity contribution in [2.24, 2.45) is 5.73 Å². The number of pyridine rings is 1. The second kappa shape index (κ2) is 4.94. The van der Waals surface area contributed by atoms with E-state index in [4.69, 9.17) is 10.3 Å². The van der Waals surface area contributed by atoms with E-state index in [1.54, 1.807) is 23.3 Å². The van der Waals surface area contributed by atoms with E-state index in [1.165, 1.54) is 0 Å². The Balaban J connectivity index is 1.78. The lowest BCUT2D eigenvalue weighted by molar-refractivity contribution is 0.364. The van der Waals surface area contributed by atoms with Crippen LogP contribution >= 0.6 is 0 Å². The minimum Gasteiger partial charge on any atom is -0.337 e. The van der Waals surface area contributed by atoms with Crippen molar-refractivity contribution in [1.82, 2.24) is 30.1 Å². The van der Waals surface area contributed by atoms with Crippen LogP contribution in [0.2, 0.25) is 0 Å². The molecule has 0 aliphatic heterocycles. The fourth-order valence-electron chi connectivity index (χ4n) is 1.59. The Morgan fingerprint density at radius 2 is 2.11 bits per heavy atom. The van der Waals surface area contributed by atoms with Crippen molar-refractivity contribution in [3.63, 3.8) is 0 Å². The summed E-state index contributed by atoms with van der Waals surface area (Å²) in [5.41, 5.74) is 7.03. The van der Waals surface area contributed by atoms with Gasteiger partial charge < -0.3 is 10.3 Å². The first kappa shape index (κ1) is 11.5. The maximum absolute atomic E-state index is 5.46. The first-order valence-corrected chi connectivity index (χ1v) is 5.67. The summed E-state index contributed by atoms with van der Waals surface area (Å²) in [6.07, 6.45) is 5.10. The van der Waals surface area contributed by atoms with Crippen molar-refractivity contribution in [2.45, 2.75) is 13.1 Å². The normalized spacial score (nSPS) is 10.8. The smallest absolute Gasteiger partial charge is 0.248 e. The molecular weight excluding hydrogens is 246 g/mol. The summed E-state index contributed by atoms with van der Waals surface area (Å²) in [6.45, 7) is 0.719. The number of nitrogens with two attached hydrogens (primary N) is 1. The molecule has 0 spiro atoms. The summed E-state index contributed by atoms with van der Waals surface area (Å²) in [6, 6.07) is 3.63. The first-order valence-electron chi connectivity index (χ1n) is 5.67. The van der Waals surface area contributed by atoms with Crippen molar-refractivity contribution in [2.75, 3.05) is 0 Å². The second-order valence-electron chi connectivity index (χ2n) is 3.86. The van der Waals surface area contributed by atoms with Gasteiger partial charge in [0.05, 0.1) is 11.9 Å². The van der Waals surface area contributed by atoms with Gasteiger partial charge in [0.2, 0.25) is 11.7 Å². The van der Waals surface area contributed by atoms with Gasteiger partial charge in [-0.3, -0.25) is 4.98 Å². The lowest BCUT2D eigenvalue weighted by atomic mass is 10.2. The summed E-state index contributed by atoms with van der Waals surface area (Å²) >= 11 is 0. The van der Waals surface area contributed by atoms with Crippen LogP contribution < -0.4 is 5.73 Å². The molecule has 8 heteroatoms. The molecule has 0 saturated carbocycles. The van der Waals surface area contributed by atoms with Crippen molar-refractivity contribution in [1.29, 1.82) is 0 Å². The standard InChI is InChI=1S/C11H11N7O/c12-5-9-6-18(17-15-9)7-10-14-11(16-19-10)8-1-3-13-4-2-8/h1-4,6H,5,7,12H2. The van der Waals surface area contributed by atoms with Crippen LogP contribution in [0.4, 0.5) is 0 Å². The van der Waals surface area contributed by atoms with E-state index in [9.17, 15) is 0 Å². The van der Waals surface area contributed by atoms with Gasteiger partial charge in [0.25, 0.3) is 0 Å². The molecule has 0 radical (unpaired) electrons. The van der Waals surface area contributed by atoms with Gasteiger partial charge >= 0.3 is 0 Å². The largest absolute Gasteiger partial charge is 0.337 e. The molecule has 0 amide bonds. The molecule has 0 atom stereocenters. The van der Waals surface area contributed by atoms with Crippen LogP contribution in [0.3, 0.4) is 0 Å². The Morgan fingerprint density at radius 3 is 2.84 bits per heavy atom. The summed E-state index contributed by atoms with van der Waals surface area (Å²) < 4.78 is 6.77. The number of hydrogen-bond acceptors (Lipinski definition) is 7. The van der Waals surface area contributed by atoms with Gasteiger partial charge in [-0.05, 0) is 12.1 Å². The molecule has 0 unspecified atom stereocenters. The summed E-state index contributed by atoms with van der Waals surface area (Å²) in [5.74, 6) is 0.983. The van der Waals surface area contributed by atoms with E-state index in [0.29, 0.717) is 30.5 Å². The van der Waals surface area contributed by atoms with Gasteiger partial charge in [0.1, 0.15) is 6.54 Å². The molecule has 3 rings (SSSR count). The van der Waals surface area contributed by atoms with E-state index >= 15 is 0 Å². The number of nitrogens with zero attached hydrogens (tertiary/aromatic N) is 6. The van der Waals surface area contributed by atoms with E-state index in [1.807, 2.05) is 12.1 Å². The SMILES string of the molecule is NCc1cn(Cc2nc(-c3ccncc3)no2)nn1. The Morgan fingerprint density at radius 1 is 1.26 bits per heavy atom. The zero-order chi connectivity index (χ0) is 13.1. The fraction of sp³-hybridized carbons (Fsp3) is 0.182. The van der Waals surface area contributed by atoms with Crippen molar-refractivity contribution < 1.29 is 4.52 Å². The number of hydrogen-bond donors (Lipinski definition) is 1. The van der Waals surface area contributed by atoms with Gasteiger partial charge in [0.15, 0.2) is 0 Å². The third kappa shape index (κ3) is 2.47. The van der Waals surface area contributed by atoms with Crippen LogP contribution in [0.15, 0.2) is 35.2 Å². The molecule has 0 aliphatic carbocycles.